The molecule has 1 aromatic carbocycles. The molecule has 0 aliphatic rings. The average molecular weight is 234 g/mol. The number of hydrogen-bond acceptors (Lipinski definition) is 3. The third kappa shape index (κ3) is 3.90. The molecule has 0 aromatic heterocycles. The van der Waals surface area contributed by atoms with Crippen LogP contribution in [0.25, 0.3) is 0 Å². The van der Waals surface area contributed by atoms with Gasteiger partial charge in [0.1, 0.15) is 0 Å². The molecule has 1 N–H and O–H groups in total. The lowest BCUT2D eigenvalue weighted by atomic mass is 10.0. The van der Waals surface area contributed by atoms with E-state index >= 15 is 0 Å². The van der Waals surface area contributed by atoms with Crippen molar-refractivity contribution in [3.8, 4) is 0 Å². The van der Waals surface area contributed by atoms with Crippen LogP contribution in [0, 0.1) is 13.8 Å². The van der Waals surface area contributed by atoms with E-state index in [0.29, 0.717) is 6.61 Å². The summed E-state index contributed by atoms with van der Waals surface area (Å²) in [5.74, 6) is 0. The first-order chi connectivity index (χ1) is 8.04. The summed E-state index contributed by atoms with van der Waals surface area (Å²) in [5, 5.41) is 4.00. The first-order valence-corrected chi connectivity index (χ1v) is 5.59. The van der Waals surface area contributed by atoms with Crippen molar-refractivity contribution >= 4 is 11.8 Å². The van der Waals surface area contributed by atoms with E-state index in [0.717, 1.165) is 16.8 Å². The third-order valence-electron chi connectivity index (χ3n) is 2.36. The topological polar surface area (TPSA) is 50.7 Å². The van der Waals surface area contributed by atoms with Gasteiger partial charge in [-0.3, -0.25) is 0 Å². The lowest BCUT2D eigenvalue weighted by Gasteiger charge is -2.07. The average Bonchev–Trinajstić information content (AvgIpc) is 2.26. The second kappa shape index (κ2) is 6.03. The van der Waals surface area contributed by atoms with Crippen molar-refractivity contribution in [3.05, 3.63) is 34.9 Å². The summed E-state index contributed by atoms with van der Waals surface area (Å²) in [7, 11) is 0. The standard InChI is InChI=1S/C13H18N2O2/c1-5-17-13(16)15-14-11(4)12-7-6-9(2)8-10(12)3/h6-8H,5H2,1-4H3,(H,15,16)/b14-11+. The number of aryl methyl sites for hydroxylation is 2. The molecule has 4 nitrogen and oxygen atoms in total. The van der Waals surface area contributed by atoms with Gasteiger partial charge in [-0.15, -0.1) is 0 Å². The number of carbonyl (C=O) groups is 1. The van der Waals surface area contributed by atoms with Gasteiger partial charge in [0, 0.05) is 5.56 Å². The molecule has 17 heavy (non-hydrogen) atoms. The van der Waals surface area contributed by atoms with Crippen LogP contribution in [-0.4, -0.2) is 18.4 Å². The summed E-state index contributed by atoms with van der Waals surface area (Å²) in [5.41, 5.74) is 6.47. The van der Waals surface area contributed by atoms with E-state index in [2.05, 4.69) is 16.6 Å². The first kappa shape index (κ1) is 13.2. The molecule has 0 aliphatic carbocycles. The normalized spacial score (nSPS) is 11.2. The minimum atomic E-state index is -0.531. The maximum absolute atomic E-state index is 11.1. The molecule has 1 rings (SSSR count). The molecule has 0 fully saturated rings. The molecule has 1 aromatic rings. The SMILES string of the molecule is CCOC(=O)N/N=C(\C)c1ccc(C)cc1C. The van der Waals surface area contributed by atoms with Gasteiger partial charge in [-0.25, -0.2) is 10.2 Å². The Labute approximate surface area is 102 Å². The van der Waals surface area contributed by atoms with E-state index in [1.54, 1.807) is 6.92 Å². The van der Waals surface area contributed by atoms with Crippen molar-refractivity contribution in [2.45, 2.75) is 27.7 Å². The zero-order valence-corrected chi connectivity index (χ0v) is 10.7. The van der Waals surface area contributed by atoms with Gasteiger partial charge in [0.25, 0.3) is 0 Å². The number of rotatable bonds is 3. The summed E-state index contributed by atoms with van der Waals surface area (Å²) >= 11 is 0. The first-order valence-electron chi connectivity index (χ1n) is 5.59. The number of nitrogens with zero attached hydrogens (tertiary/aromatic N) is 1. The summed E-state index contributed by atoms with van der Waals surface area (Å²) < 4.78 is 4.72. The molecule has 0 saturated carbocycles. The highest BCUT2D eigenvalue weighted by atomic mass is 16.5. The molecular weight excluding hydrogens is 216 g/mol. The van der Waals surface area contributed by atoms with Crippen LogP contribution in [0.5, 0.6) is 0 Å². The number of amides is 1. The zero-order chi connectivity index (χ0) is 12.8. The van der Waals surface area contributed by atoms with Gasteiger partial charge in [-0.05, 0) is 33.3 Å². The van der Waals surface area contributed by atoms with Crippen molar-refractivity contribution in [1.82, 2.24) is 5.43 Å². The van der Waals surface area contributed by atoms with Gasteiger partial charge < -0.3 is 4.74 Å². The van der Waals surface area contributed by atoms with E-state index < -0.39 is 6.09 Å². The Hall–Kier alpha value is -1.84. The number of carbonyl (C=O) groups excluding carboxylic acids is 1. The molecule has 0 saturated heterocycles. The number of benzene rings is 1. The monoisotopic (exact) mass is 234 g/mol. The molecule has 0 heterocycles. The van der Waals surface area contributed by atoms with E-state index in [1.165, 1.54) is 5.56 Å². The van der Waals surface area contributed by atoms with Crippen molar-refractivity contribution in [1.29, 1.82) is 0 Å². The van der Waals surface area contributed by atoms with E-state index in [9.17, 15) is 4.79 Å². The molecule has 4 heteroatoms. The maximum atomic E-state index is 11.1. The highest BCUT2D eigenvalue weighted by Gasteiger charge is 2.03. The van der Waals surface area contributed by atoms with Crippen LogP contribution in [0.2, 0.25) is 0 Å². The summed E-state index contributed by atoms with van der Waals surface area (Å²) in [6, 6.07) is 6.10. The molecule has 1 amide bonds. The van der Waals surface area contributed by atoms with Crippen LogP contribution in [0.1, 0.15) is 30.5 Å². The molecule has 0 aliphatic heterocycles. The Morgan fingerprint density at radius 1 is 1.41 bits per heavy atom. The molecule has 0 radical (unpaired) electrons. The second-order valence-corrected chi connectivity index (χ2v) is 3.85. The van der Waals surface area contributed by atoms with Crippen molar-refractivity contribution in [2.75, 3.05) is 6.61 Å². The Balaban J connectivity index is 2.78. The number of ether oxygens (including phenoxy) is 1. The second-order valence-electron chi connectivity index (χ2n) is 3.85. The van der Waals surface area contributed by atoms with Crippen LogP contribution in [-0.2, 0) is 4.74 Å². The predicted molar refractivity (Wildman–Crippen MR) is 68.3 cm³/mol. The van der Waals surface area contributed by atoms with Crippen molar-refractivity contribution < 1.29 is 9.53 Å². The Morgan fingerprint density at radius 3 is 2.71 bits per heavy atom. The van der Waals surface area contributed by atoms with Crippen LogP contribution >= 0.6 is 0 Å². The van der Waals surface area contributed by atoms with Crippen molar-refractivity contribution in [3.63, 3.8) is 0 Å². The Kier molecular flexibility index (Phi) is 4.69. The quantitative estimate of drug-likeness (QED) is 0.645. The van der Waals surface area contributed by atoms with Gasteiger partial charge in [0.15, 0.2) is 0 Å². The number of hydrogen-bond donors (Lipinski definition) is 1. The summed E-state index contributed by atoms with van der Waals surface area (Å²) in [6.07, 6.45) is -0.531. The summed E-state index contributed by atoms with van der Waals surface area (Å²) in [6.45, 7) is 8.00. The number of nitrogens with one attached hydrogen (secondary N) is 1. The van der Waals surface area contributed by atoms with Gasteiger partial charge in [-0.2, -0.15) is 5.10 Å². The highest BCUT2D eigenvalue weighted by Crippen LogP contribution is 2.11. The number of hydrazone groups is 1. The highest BCUT2D eigenvalue weighted by molar-refractivity contribution is 6.00. The largest absolute Gasteiger partial charge is 0.449 e. The zero-order valence-electron chi connectivity index (χ0n) is 10.7. The lowest BCUT2D eigenvalue weighted by molar-refractivity contribution is 0.152. The van der Waals surface area contributed by atoms with Crippen LogP contribution in [0.15, 0.2) is 23.3 Å². The lowest BCUT2D eigenvalue weighted by Crippen LogP contribution is -2.20. The molecule has 92 valence electrons. The van der Waals surface area contributed by atoms with Gasteiger partial charge in [0.2, 0.25) is 0 Å². The van der Waals surface area contributed by atoms with E-state index in [1.807, 2.05) is 32.9 Å². The Morgan fingerprint density at radius 2 is 2.12 bits per heavy atom. The van der Waals surface area contributed by atoms with Crippen molar-refractivity contribution in [2.24, 2.45) is 5.10 Å². The van der Waals surface area contributed by atoms with Gasteiger partial charge >= 0.3 is 6.09 Å². The Bertz CT molecular complexity index is 439. The fourth-order valence-corrected chi connectivity index (χ4v) is 1.57. The molecule has 0 spiro atoms. The van der Waals surface area contributed by atoms with Gasteiger partial charge in [0.05, 0.1) is 12.3 Å². The maximum Gasteiger partial charge on any atom is 0.427 e. The minimum absolute atomic E-state index is 0.337. The molecule has 0 bridgehead atoms. The van der Waals surface area contributed by atoms with Gasteiger partial charge in [-0.1, -0.05) is 23.8 Å². The molecule has 0 atom stereocenters. The smallest absolute Gasteiger partial charge is 0.427 e. The van der Waals surface area contributed by atoms with E-state index in [-0.39, 0.29) is 0 Å². The van der Waals surface area contributed by atoms with Crippen LogP contribution in [0.4, 0.5) is 4.79 Å². The van der Waals surface area contributed by atoms with Crippen LogP contribution < -0.4 is 5.43 Å². The fourth-order valence-electron chi connectivity index (χ4n) is 1.57. The molecule has 0 unspecified atom stereocenters. The predicted octanol–water partition coefficient (Wildman–Crippen LogP) is 2.77. The minimum Gasteiger partial charge on any atom is -0.449 e. The van der Waals surface area contributed by atoms with E-state index in [4.69, 9.17) is 4.74 Å². The van der Waals surface area contributed by atoms with Crippen LogP contribution in [0.3, 0.4) is 0 Å². The summed E-state index contributed by atoms with van der Waals surface area (Å²) in [4.78, 5) is 11.1. The third-order valence-corrected chi connectivity index (χ3v) is 2.36. The fraction of sp³-hybridized carbons (Fsp3) is 0.385. The molecular formula is C13H18N2O2.